The van der Waals surface area contributed by atoms with Crippen molar-refractivity contribution in [2.75, 3.05) is 52.9 Å². The van der Waals surface area contributed by atoms with Gasteiger partial charge in [-0.05, 0) is 55.6 Å². The number of likely N-dealkylation sites (N-methyl/N-ethyl adjacent to an activating group) is 1. The lowest BCUT2D eigenvalue weighted by Crippen LogP contribution is -2.44. The van der Waals surface area contributed by atoms with Crippen LogP contribution < -0.4 is 13.9 Å². The van der Waals surface area contributed by atoms with Gasteiger partial charge in [0.2, 0.25) is 15.9 Å². The highest BCUT2D eigenvalue weighted by atomic mass is 32.2. The van der Waals surface area contributed by atoms with Gasteiger partial charge in [0.05, 0.1) is 22.3 Å². The third-order valence-corrected chi connectivity index (χ3v) is 9.00. The molecule has 1 atom stereocenters. The Labute approximate surface area is 188 Å². The minimum atomic E-state index is -3.87. The summed E-state index contributed by atoms with van der Waals surface area (Å²) in [6, 6.07) is 12.5. The SMILES string of the molecule is C[C@H]1CS(=O)(=O)N(c2ccc(S(=O)(=O)Nc3ccc(N4CCN(C)CC4)cc3)cc2)C1=O. The van der Waals surface area contributed by atoms with Crippen LogP contribution in [0.15, 0.2) is 53.4 Å². The molecule has 2 fully saturated rings. The number of carbonyl (C=O) groups excluding carboxylic acids is 1. The van der Waals surface area contributed by atoms with Gasteiger partial charge in [-0.25, -0.2) is 21.1 Å². The molecule has 2 aromatic rings. The third-order valence-electron chi connectivity index (χ3n) is 5.73. The number of anilines is 3. The maximum absolute atomic E-state index is 12.8. The number of hydrogen-bond donors (Lipinski definition) is 1. The fraction of sp³-hybridized carbons (Fsp3) is 0.381. The van der Waals surface area contributed by atoms with Crippen LogP contribution in [-0.4, -0.2) is 66.6 Å². The van der Waals surface area contributed by atoms with Crippen molar-refractivity contribution in [3.05, 3.63) is 48.5 Å². The highest BCUT2D eigenvalue weighted by molar-refractivity contribution is 7.94. The van der Waals surface area contributed by atoms with Gasteiger partial charge in [-0.3, -0.25) is 9.52 Å². The molecule has 2 saturated heterocycles. The molecule has 0 unspecified atom stereocenters. The monoisotopic (exact) mass is 478 g/mol. The first-order valence-corrected chi connectivity index (χ1v) is 13.4. The number of hydrogen-bond acceptors (Lipinski definition) is 7. The van der Waals surface area contributed by atoms with Gasteiger partial charge in [-0.1, -0.05) is 6.92 Å². The van der Waals surface area contributed by atoms with E-state index in [9.17, 15) is 21.6 Å². The summed E-state index contributed by atoms with van der Waals surface area (Å²) in [7, 11) is -5.53. The number of piperazine rings is 1. The van der Waals surface area contributed by atoms with Gasteiger partial charge in [0.1, 0.15) is 0 Å². The van der Waals surface area contributed by atoms with E-state index < -0.39 is 31.9 Å². The summed E-state index contributed by atoms with van der Waals surface area (Å²) < 4.78 is 53.3. The zero-order valence-corrected chi connectivity index (χ0v) is 19.6. The van der Waals surface area contributed by atoms with Gasteiger partial charge in [0.15, 0.2) is 0 Å². The summed E-state index contributed by atoms with van der Waals surface area (Å²) in [6.07, 6.45) is 0. The molecular weight excluding hydrogens is 452 g/mol. The van der Waals surface area contributed by atoms with Crippen LogP contribution in [0.1, 0.15) is 6.92 Å². The fourth-order valence-electron chi connectivity index (χ4n) is 3.87. The average Bonchev–Trinajstić information content (AvgIpc) is 2.95. The number of amides is 1. The quantitative estimate of drug-likeness (QED) is 0.695. The van der Waals surface area contributed by atoms with Crippen LogP contribution in [0.4, 0.5) is 17.1 Å². The summed E-state index contributed by atoms with van der Waals surface area (Å²) in [5.74, 6) is -1.39. The number of benzene rings is 2. The van der Waals surface area contributed by atoms with Crippen LogP contribution in [-0.2, 0) is 24.8 Å². The van der Waals surface area contributed by atoms with E-state index in [1.54, 1.807) is 19.1 Å². The predicted octanol–water partition coefficient (Wildman–Crippen LogP) is 1.55. The Morgan fingerprint density at radius 1 is 0.906 bits per heavy atom. The lowest BCUT2D eigenvalue weighted by atomic mass is 10.2. The average molecular weight is 479 g/mol. The van der Waals surface area contributed by atoms with Gasteiger partial charge in [0.25, 0.3) is 10.0 Å². The number of carbonyl (C=O) groups is 1. The van der Waals surface area contributed by atoms with Gasteiger partial charge < -0.3 is 9.80 Å². The summed E-state index contributed by atoms with van der Waals surface area (Å²) >= 11 is 0. The van der Waals surface area contributed by atoms with Crippen LogP contribution in [0, 0.1) is 5.92 Å². The van der Waals surface area contributed by atoms with Crippen LogP contribution >= 0.6 is 0 Å². The molecule has 0 saturated carbocycles. The number of sulfonamides is 2. The second-order valence-corrected chi connectivity index (χ2v) is 11.8. The van der Waals surface area contributed by atoms with Crippen molar-refractivity contribution in [2.45, 2.75) is 11.8 Å². The molecule has 11 heteroatoms. The Kier molecular flexibility index (Phi) is 5.91. The molecule has 0 aliphatic carbocycles. The first-order valence-electron chi connectivity index (χ1n) is 10.3. The van der Waals surface area contributed by atoms with E-state index in [-0.39, 0.29) is 16.3 Å². The molecule has 2 aromatic carbocycles. The fourth-order valence-corrected chi connectivity index (χ4v) is 6.75. The van der Waals surface area contributed by atoms with Crippen LogP contribution in [0.5, 0.6) is 0 Å². The lowest BCUT2D eigenvalue weighted by Gasteiger charge is -2.34. The first-order chi connectivity index (χ1) is 15.1. The van der Waals surface area contributed by atoms with E-state index in [0.29, 0.717) is 5.69 Å². The minimum absolute atomic E-state index is 0.0264. The second-order valence-electron chi connectivity index (χ2n) is 8.22. The Morgan fingerprint density at radius 3 is 2.00 bits per heavy atom. The topological polar surface area (TPSA) is 107 Å². The zero-order valence-electron chi connectivity index (χ0n) is 17.9. The molecule has 9 nitrogen and oxygen atoms in total. The largest absolute Gasteiger partial charge is 0.369 e. The first kappa shape index (κ1) is 22.6. The van der Waals surface area contributed by atoms with Gasteiger partial charge in [-0.2, -0.15) is 0 Å². The predicted molar refractivity (Wildman–Crippen MR) is 124 cm³/mol. The molecule has 2 heterocycles. The summed E-state index contributed by atoms with van der Waals surface area (Å²) in [6.45, 7) is 5.35. The summed E-state index contributed by atoms with van der Waals surface area (Å²) in [5.41, 5.74) is 1.60. The van der Waals surface area contributed by atoms with E-state index in [2.05, 4.69) is 21.6 Å². The lowest BCUT2D eigenvalue weighted by molar-refractivity contribution is -0.119. The van der Waals surface area contributed by atoms with E-state index >= 15 is 0 Å². The van der Waals surface area contributed by atoms with Crippen molar-refractivity contribution in [3.8, 4) is 0 Å². The smallest absolute Gasteiger partial charge is 0.261 e. The Hall–Kier alpha value is -2.63. The maximum Gasteiger partial charge on any atom is 0.261 e. The molecule has 172 valence electrons. The maximum atomic E-state index is 12.8. The molecule has 0 bridgehead atoms. The second kappa shape index (κ2) is 8.38. The highest BCUT2D eigenvalue weighted by Crippen LogP contribution is 2.29. The van der Waals surface area contributed by atoms with Crippen molar-refractivity contribution in [1.82, 2.24) is 4.90 Å². The summed E-state index contributed by atoms with van der Waals surface area (Å²) in [4.78, 5) is 16.7. The van der Waals surface area contributed by atoms with E-state index in [1.165, 1.54) is 24.3 Å². The van der Waals surface area contributed by atoms with Crippen molar-refractivity contribution in [2.24, 2.45) is 5.92 Å². The standard InChI is InChI=1S/C21H26N4O5S2/c1-16-15-31(27,28)25(21(16)26)19-7-9-20(10-8-19)32(29,30)22-17-3-5-18(6-4-17)24-13-11-23(2)12-14-24/h3-10,16,22H,11-15H2,1-2H3/t16-/m0/s1. The number of nitrogens with one attached hydrogen (secondary N) is 1. The molecule has 4 rings (SSSR count). The molecule has 1 N–H and O–H groups in total. The number of rotatable bonds is 5. The van der Waals surface area contributed by atoms with E-state index in [4.69, 9.17) is 0 Å². The van der Waals surface area contributed by atoms with Crippen LogP contribution in [0.3, 0.4) is 0 Å². The Morgan fingerprint density at radius 2 is 1.47 bits per heavy atom. The Bertz CT molecular complexity index is 1200. The molecule has 1 amide bonds. The normalized spacial score (nSPS) is 21.7. The van der Waals surface area contributed by atoms with Crippen molar-refractivity contribution in [3.63, 3.8) is 0 Å². The Balaban J connectivity index is 1.47. The van der Waals surface area contributed by atoms with Gasteiger partial charge in [0, 0.05) is 37.6 Å². The van der Waals surface area contributed by atoms with Gasteiger partial charge >= 0.3 is 0 Å². The van der Waals surface area contributed by atoms with Crippen molar-refractivity contribution < 1.29 is 21.6 Å². The van der Waals surface area contributed by atoms with Gasteiger partial charge in [-0.15, -0.1) is 0 Å². The molecule has 32 heavy (non-hydrogen) atoms. The molecule has 0 aromatic heterocycles. The molecule has 2 aliphatic rings. The van der Waals surface area contributed by atoms with E-state index in [1.807, 2.05) is 12.1 Å². The third kappa shape index (κ3) is 4.45. The molecule has 0 spiro atoms. The molecule has 0 radical (unpaired) electrons. The summed E-state index contributed by atoms with van der Waals surface area (Å²) in [5, 5.41) is 0. The van der Waals surface area contributed by atoms with Crippen LogP contribution in [0.2, 0.25) is 0 Å². The minimum Gasteiger partial charge on any atom is -0.369 e. The molecule has 2 aliphatic heterocycles. The van der Waals surface area contributed by atoms with Crippen molar-refractivity contribution in [1.29, 1.82) is 0 Å². The zero-order chi connectivity index (χ0) is 23.1. The number of nitrogens with zero attached hydrogens (tertiary/aromatic N) is 3. The molecular formula is C21H26N4O5S2. The van der Waals surface area contributed by atoms with E-state index in [0.717, 1.165) is 36.2 Å². The highest BCUT2D eigenvalue weighted by Gasteiger charge is 2.42. The van der Waals surface area contributed by atoms with Crippen LogP contribution in [0.25, 0.3) is 0 Å². The van der Waals surface area contributed by atoms with Crippen molar-refractivity contribution >= 4 is 43.0 Å².